The second-order valence-corrected chi connectivity index (χ2v) is 5.35. The number of para-hydroxylation sites is 1. The lowest BCUT2D eigenvalue weighted by atomic mass is 10.2. The van der Waals surface area contributed by atoms with E-state index in [1.807, 2.05) is 47.8 Å². The molecule has 0 aromatic heterocycles. The van der Waals surface area contributed by atoms with Crippen LogP contribution in [0.1, 0.15) is 5.56 Å². The summed E-state index contributed by atoms with van der Waals surface area (Å²) in [5, 5.41) is 14.1. The van der Waals surface area contributed by atoms with Gasteiger partial charge in [-0.2, -0.15) is 0 Å². The first-order chi connectivity index (χ1) is 9.61. The topological polar surface area (TPSA) is 64.4 Å². The molecule has 6 heteroatoms. The third-order valence-electron chi connectivity index (χ3n) is 2.68. The summed E-state index contributed by atoms with van der Waals surface area (Å²) in [5.74, 6) is 0.866. The average molecular weight is 384 g/mol. The van der Waals surface area contributed by atoms with Gasteiger partial charge in [-0.1, -0.05) is 18.2 Å². The first-order valence-electron chi connectivity index (χ1n) is 5.96. The summed E-state index contributed by atoms with van der Waals surface area (Å²) < 4.78 is 6.52. The fourth-order valence-electron chi connectivity index (χ4n) is 1.78. The van der Waals surface area contributed by atoms with Crippen LogP contribution in [0.3, 0.4) is 0 Å². The average Bonchev–Trinajstić information content (AvgIpc) is 2.43. The maximum Gasteiger partial charge on any atom is 0.312 e. The molecule has 2 rings (SSSR count). The van der Waals surface area contributed by atoms with E-state index in [0.29, 0.717) is 12.3 Å². The highest BCUT2D eigenvalue weighted by molar-refractivity contribution is 14.1. The minimum atomic E-state index is -0.432. The molecule has 0 radical (unpaired) electrons. The van der Waals surface area contributed by atoms with Crippen LogP contribution in [0.5, 0.6) is 11.5 Å². The van der Waals surface area contributed by atoms with Crippen LogP contribution in [0.15, 0.2) is 42.5 Å². The van der Waals surface area contributed by atoms with Crippen LogP contribution in [-0.2, 0) is 6.54 Å². The molecule has 1 N–H and O–H groups in total. The number of ether oxygens (including phenoxy) is 1. The maximum atomic E-state index is 11.1. The Morgan fingerprint density at radius 3 is 2.70 bits per heavy atom. The molecule has 0 aliphatic heterocycles. The number of rotatable bonds is 5. The largest absolute Gasteiger partial charge is 0.450 e. The lowest BCUT2D eigenvalue weighted by molar-refractivity contribution is -0.385. The van der Waals surface area contributed by atoms with Gasteiger partial charge in [0.1, 0.15) is 5.75 Å². The van der Waals surface area contributed by atoms with Crippen LogP contribution in [-0.4, -0.2) is 12.0 Å². The Morgan fingerprint density at radius 2 is 2.00 bits per heavy atom. The number of nitrogens with one attached hydrogen (secondary N) is 1. The smallest absolute Gasteiger partial charge is 0.312 e. The van der Waals surface area contributed by atoms with Gasteiger partial charge in [-0.15, -0.1) is 0 Å². The van der Waals surface area contributed by atoms with Gasteiger partial charge in [0.2, 0.25) is 5.75 Å². The molecule has 0 heterocycles. The second-order valence-electron chi connectivity index (χ2n) is 4.11. The van der Waals surface area contributed by atoms with Gasteiger partial charge in [-0.25, -0.2) is 0 Å². The van der Waals surface area contributed by atoms with Gasteiger partial charge in [-0.05, 0) is 47.8 Å². The van der Waals surface area contributed by atoms with Crippen molar-refractivity contribution >= 4 is 28.3 Å². The molecular weight excluding hydrogens is 371 g/mol. The number of hydrogen-bond donors (Lipinski definition) is 1. The third-order valence-corrected chi connectivity index (χ3v) is 3.35. The van der Waals surface area contributed by atoms with Crippen molar-refractivity contribution in [2.24, 2.45) is 0 Å². The number of hydrogen-bond acceptors (Lipinski definition) is 4. The van der Waals surface area contributed by atoms with Crippen LogP contribution in [0.2, 0.25) is 0 Å². The number of nitrogens with zero attached hydrogens (tertiary/aromatic N) is 1. The second kappa shape index (κ2) is 6.67. The Kier molecular flexibility index (Phi) is 4.91. The van der Waals surface area contributed by atoms with Crippen molar-refractivity contribution in [3.05, 3.63) is 61.7 Å². The monoisotopic (exact) mass is 384 g/mol. The van der Waals surface area contributed by atoms with Gasteiger partial charge in [0.15, 0.2) is 0 Å². The van der Waals surface area contributed by atoms with Crippen molar-refractivity contribution in [3.8, 4) is 11.5 Å². The van der Waals surface area contributed by atoms with Gasteiger partial charge in [0.25, 0.3) is 0 Å². The quantitative estimate of drug-likeness (QED) is 0.485. The highest BCUT2D eigenvalue weighted by Gasteiger charge is 2.17. The van der Waals surface area contributed by atoms with E-state index in [-0.39, 0.29) is 11.4 Å². The predicted molar refractivity (Wildman–Crippen MR) is 85.1 cm³/mol. The van der Waals surface area contributed by atoms with E-state index in [0.717, 1.165) is 9.13 Å². The molecule has 0 amide bonds. The van der Waals surface area contributed by atoms with E-state index in [1.54, 1.807) is 18.2 Å². The number of benzene rings is 2. The zero-order valence-corrected chi connectivity index (χ0v) is 13.0. The molecule has 0 saturated heterocycles. The number of nitro groups is 1. The Labute approximate surface area is 130 Å². The number of nitro benzene ring substituents is 1. The molecular formula is C14H13IN2O3. The first kappa shape index (κ1) is 14.7. The van der Waals surface area contributed by atoms with E-state index in [4.69, 9.17) is 4.74 Å². The normalized spacial score (nSPS) is 10.3. The standard InChI is InChI=1S/C14H13IN2O3/c1-16-9-10-4-2-3-5-13(10)20-14-7-6-11(15)8-12(14)17(18)19/h2-8,16H,9H2,1H3. The molecule has 0 bridgehead atoms. The maximum absolute atomic E-state index is 11.1. The highest BCUT2D eigenvalue weighted by atomic mass is 127. The Bertz CT molecular complexity index is 632. The van der Waals surface area contributed by atoms with Gasteiger partial charge in [0, 0.05) is 21.7 Å². The van der Waals surface area contributed by atoms with Crippen molar-refractivity contribution in [1.82, 2.24) is 5.32 Å². The lowest BCUT2D eigenvalue weighted by Gasteiger charge is -2.11. The molecule has 0 unspecified atom stereocenters. The van der Waals surface area contributed by atoms with E-state index in [1.165, 1.54) is 6.07 Å². The van der Waals surface area contributed by atoms with Crippen LogP contribution >= 0.6 is 22.6 Å². The molecule has 5 nitrogen and oxygen atoms in total. The first-order valence-corrected chi connectivity index (χ1v) is 7.04. The van der Waals surface area contributed by atoms with Crippen molar-refractivity contribution in [2.45, 2.75) is 6.54 Å². The zero-order chi connectivity index (χ0) is 14.5. The van der Waals surface area contributed by atoms with Crippen molar-refractivity contribution in [3.63, 3.8) is 0 Å². The van der Waals surface area contributed by atoms with Crippen molar-refractivity contribution in [2.75, 3.05) is 7.05 Å². The van der Waals surface area contributed by atoms with Crippen LogP contribution < -0.4 is 10.1 Å². The SMILES string of the molecule is CNCc1ccccc1Oc1ccc(I)cc1[N+](=O)[O-]. The molecule has 0 atom stereocenters. The molecule has 0 aliphatic carbocycles. The van der Waals surface area contributed by atoms with Crippen molar-refractivity contribution in [1.29, 1.82) is 0 Å². The third kappa shape index (κ3) is 3.45. The summed E-state index contributed by atoms with van der Waals surface area (Å²) >= 11 is 2.04. The summed E-state index contributed by atoms with van der Waals surface area (Å²) in [5.41, 5.74) is 0.916. The fourth-order valence-corrected chi connectivity index (χ4v) is 2.25. The fraction of sp³-hybridized carbons (Fsp3) is 0.143. The number of halogens is 1. The molecule has 0 saturated carbocycles. The Morgan fingerprint density at radius 1 is 1.25 bits per heavy atom. The van der Waals surface area contributed by atoms with Crippen LogP contribution in [0.4, 0.5) is 5.69 Å². The van der Waals surface area contributed by atoms with E-state index in [9.17, 15) is 10.1 Å². The summed E-state index contributed by atoms with van der Waals surface area (Å²) in [6, 6.07) is 12.4. The zero-order valence-electron chi connectivity index (χ0n) is 10.8. The molecule has 2 aromatic rings. The van der Waals surface area contributed by atoms with Crippen LogP contribution in [0, 0.1) is 13.7 Å². The summed E-state index contributed by atoms with van der Waals surface area (Å²) in [6.45, 7) is 0.633. The van der Waals surface area contributed by atoms with E-state index < -0.39 is 4.92 Å². The summed E-state index contributed by atoms with van der Waals surface area (Å²) in [6.07, 6.45) is 0. The molecule has 0 aliphatic rings. The van der Waals surface area contributed by atoms with Gasteiger partial charge < -0.3 is 10.1 Å². The highest BCUT2D eigenvalue weighted by Crippen LogP contribution is 2.33. The molecule has 104 valence electrons. The van der Waals surface area contributed by atoms with Gasteiger partial charge in [0.05, 0.1) is 4.92 Å². The minimum Gasteiger partial charge on any atom is -0.450 e. The predicted octanol–water partition coefficient (Wildman–Crippen LogP) is 3.71. The van der Waals surface area contributed by atoms with Crippen molar-refractivity contribution < 1.29 is 9.66 Å². The van der Waals surface area contributed by atoms with E-state index >= 15 is 0 Å². The van der Waals surface area contributed by atoms with E-state index in [2.05, 4.69) is 5.32 Å². The molecule has 20 heavy (non-hydrogen) atoms. The Hall–Kier alpha value is -1.67. The van der Waals surface area contributed by atoms with Gasteiger partial charge in [-0.3, -0.25) is 10.1 Å². The minimum absolute atomic E-state index is 0.0313. The Balaban J connectivity index is 2.37. The summed E-state index contributed by atoms with van der Waals surface area (Å²) in [4.78, 5) is 10.7. The molecule has 0 spiro atoms. The molecule has 2 aromatic carbocycles. The molecule has 0 fully saturated rings. The lowest BCUT2D eigenvalue weighted by Crippen LogP contribution is -2.06. The van der Waals surface area contributed by atoms with Gasteiger partial charge >= 0.3 is 5.69 Å². The van der Waals surface area contributed by atoms with Crippen LogP contribution in [0.25, 0.3) is 0 Å². The summed E-state index contributed by atoms with van der Waals surface area (Å²) in [7, 11) is 1.84.